The third kappa shape index (κ3) is 6.91. The van der Waals surface area contributed by atoms with E-state index in [9.17, 15) is 19.6 Å². The van der Waals surface area contributed by atoms with Crippen LogP contribution in [0.1, 0.15) is 54.9 Å². The van der Waals surface area contributed by atoms with Gasteiger partial charge in [0, 0.05) is 54.2 Å². The van der Waals surface area contributed by atoms with Gasteiger partial charge in [-0.05, 0) is 73.2 Å². The van der Waals surface area contributed by atoms with Crippen LogP contribution in [-0.4, -0.2) is 71.0 Å². The molecule has 0 aromatic carbocycles. The summed E-state index contributed by atoms with van der Waals surface area (Å²) in [6.45, 7) is 11.4. The molecule has 1 aliphatic heterocycles. The highest BCUT2D eigenvalue weighted by molar-refractivity contribution is 9.10. The molecule has 2 aliphatic rings. The number of anilines is 1. The van der Waals surface area contributed by atoms with E-state index < -0.39 is 11.5 Å². The number of hydrogen-bond donors (Lipinski definition) is 2. The number of nitrogens with one attached hydrogen (secondary N) is 2. The SMILES string of the molecule is C=CCCCC(=O)NC[C@@]12C[C@@H](C(=O)Nc3nc(Br)ccc3C)N(C(=O)Cn3nc(C#N)c4cc(-c5cnc(C)nc5)nc(CC=C)c43)[C@@H]1C2. The fourth-order valence-electron chi connectivity index (χ4n) is 6.71. The molecule has 13 nitrogen and oxygen atoms in total. The Hall–Kier alpha value is -5.29. The fourth-order valence-corrected chi connectivity index (χ4v) is 7.02. The zero-order valence-electron chi connectivity index (χ0n) is 27.9. The van der Waals surface area contributed by atoms with Gasteiger partial charge in [-0.2, -0.15) is 10.4 Å². The second kappa shape index (κ2) is 14.3. The third-order valence-corrected chi connectivity index (χ3v) is 9.81. The lowest BCUT2D eigenvalue weighted by Crippen LogP contribution is -2.47. The maximum Gasteiger partial charge on any atom is 0.248 e. The number of likely N-dealkylation sites (tertiary alicyclic amines) is 1. The molecule has 6 rings (SSSR count). The zero-order valence-corrected chi connectivity index (χ0v) is 29.5. The molecule has 1 saturated heterocycles. The summed E-state index contributed by atoms with van der Waals surface area (Å²) in [4.78, 5) is 60.3. The number of halogens is 1. The van der Waals surface area contributed by atoms with Crippen molar-refractivity contribution in [3.8, 4) is 17.3 Å². The summed E-state index contributed by atoms with van der Waals surface area (Å²) in [6, 6.07) is 6.48. The molecule has 0 spiro atoms. The average Bonchev–Trinajstić information content (AvgIpc) is 3.52. The zero-order chi connectivity index (χ0) is 35.6. The molecule has 256 valence electrons. The fraction of sp³-hybridized carbons (Fsp3) is 0.361. The van der Waals surface area contributed by atoms with Gasteiger partial charge >= 0.3 is 0 Å². The highest BCUT2D eigenvalue weighted by Gasteiger charge is 2.67. The molecule has 14 heteroatoms. The number of hydrogen-bond acceptors (Lipinski definition) is 9. The van der Waals surface area contributed by atoms with Gasteiger partial charge in [-0.25, -0.2) is 15.0 Å². The van der Waals surface area contributed by atoms with Crippen molar-refractivity contribution in [2.75, 3.05) is 11.9 Å². The number of aryl methyl sites for hydroxylation is 2. The van der Waals surface area contributed by atoms with Crippen LogP contribution in [0.15, 0.2) is 60.5 Å². The minimum Gasteiger partial charge on any atom is -0.355 e. The van der Waals surface area contributed by atoms with E-state index in [4.69, 9.17) is 4.98 Å². The number of carbonyl (C=O) groups excluding carboxylic acids is 3. The Bertz CT molecular complexity index is 2050. The molecule has 4 aromatic rings. The van der Waals surface area contributed by atoms with E-state index in [2.05, 4.69) is 65.8 Å². The lowest BCUT2D eigenvalue weighted by Gasteiger charge is -2.27. The van der Waals surface area contributed by atoms with Crippen LogP contribution in [0.4, 0.5) is 5.82 Å². The van der Waals surface area contributed by atoms with Gasteiger partial charge < -0.3 is 15.5 Å². The molecule has 4 aromatic heterocycles. The number of pyridine rings is 2. The number of nitrogens with zero attached hydrogens (tertiary/aromatic N) is 8. The number of rotatable bonds is 13. The van der Waals surface area contributed by atoms with Crippen LogP contribution < -0.4 is 10.6 Å². The number of unbranched alkanes of at least 4 members (excludes halogenated alkanes) is 1. The van der Waals surface area contributed by atoms with E-state index in [1.807, 2.05) is 13.0 Å². The number of amides is 3. The van der Waals surface area contributed by atoms with Crippen molar-refractivity contribution in [2.24, 2.45) is 5.41 Å². The van der Waals surface area contributed by atoms with E-state index in [1.54, 1.807) is 48.5 Å². The van der Waals surface area contributed by atoms with Gasteiger partial charge in [-0.15, -0.1) is 13.2 Å². The minimum absolute atomic E-state index is 0.0718. The van der Waals surface area contributed by atoms with Crippen LogP contribution in [0.2, 0.25) is 0 Å². The van der Waals surface area contributed by atoms with Crippen molar-refractivity contribution in [2.45, 2.75) is 71.0 Å². The van der Waals surface area contributed by atoms with Gasteiger partial charge in [0.05, 0.1) is 16.9 Å². The maximum atomic E-state index is 14.4. The molecule has 0 unspecified atom stereocenters. The molecule has 0 bridgehead atoms. The van der Waals surface area contributed by atoms with Crippen molar-refractivity contribution >= 4 is 50.4 Å². The first-order valence-electron chi connectivity index (χ1n) is 16.4. The Morgan fingerprint density at radius 1 is 1.14 bits per heavy atom. The lowest BCUT2D eigenvalue weighted by atomic mass is 9.98. The smallest absolute Gasteiger partial charge is 0.248 e. The Balaban J connectivity index is 1.31. The second-order valence-electron chi connectivity index (χ2n) is 12.8. The quantitative estimate of drug-likeness (QED) is 0.112. The number of allylic oxidation sites excluding steroid dienone is 2. The van der Waals surface area contributed by atoms with Gasteiger partial charge in [-0.1, -0.05) is 18.2 Å². The van der Waals surface area contributed by atoms with Crippen LogP contribution in [0, 0.1) is 30.6 Å². The Kier molecular flexibility index (Phi) is 9.88. The van der Waals surface area contributed by atoms with Gasteiger partial charge in [-0.3, -0.25) is 24.0 Å². The van der Waals surface area contributed by atoms with Crippen LogP contribution in [0.25, 0.3) is 22.2 Å². The molecular weight excluding hydrogens is 700 g/mol. The standard InChI is InChI=1S/C36H37BrN10O3/c1-5-7-8-10-31(48)41-20-36-14-28(35(50)44-34-21(3)11-12-30(37)43-34)47(29(36)15-36)32(49)19-46-33-24(27(16-38)45-46)13-26(42-25(33)9-6-2)23-17-39-22(4)40-18-23/h5-6,11-13,17-18,28-29H,1-2,7-10,14-15,19-20H2,3-4H3,(H,41,48)(H,43,44,50)/t28-,29+,36-/m0/s1. The minimum atomic E-state index is -0.810. The first kappa shape index (κ1) is 34.6. The summed E-state index contributed by atoms with van der Waals surface area (Å²) in [7, 11) is 0. The summed E-state index contributed by atoms with van der Waals surface area (Å²) < 4.78 is 2.06. The molecule has 5 heterocycles. The maximum absolute atomic E-state index is 14.4. The first-order chi connectivity index (χ1) is 24.1. The number of carbonyl (C=O) groups is 3. The summed E-state index contributed by atoms with van der Waals surface area (Å²) >= 11 is 3.37. The highest BCUT2D eigenvalue weighted by atomic mass is 79.9. The summed E-state index contributed by atoms with van der Waals surface area (Å²) in [5.41, 5.74) is 2.84. The van der Waals surface area contributed by atoms with E-state index >= 15 is 0 Å². The normalized spacial score (nSPS) is 19.0. The molecule has 1 aliphatic carbocycles. The number of aromatic nitrogens is 6. The first-order valence-corrected chi connectivity index (χ1v) is 17.2. The van der Waals surface area contributed by atoms with E-state index in [0.717, 1.165) is 12.0 Å². The highest BCUT2D eigenvalue weighted by Crippen LogP contribution is 2.59. The molecule has 2 fully saturated rings. The Morgan fingerprint density at radius 3 is 2.64 bits per heavy atom. The van der Waals surface area contributed by atoms with Gasteiger partial charge in [0.1, 0.15) is 34.9 Å². The second-order valence-corrected chi connectivity index (χ2v) is 13.6. The largest absolute Gasteiger partial charge is 0.355 e. The molecule has 3 amide bonds. The summed E-state index contributed by atoms with van der Waals surface area (Å²) in [5.74, 6) is 0.247. The van der Waals surface area contributed by atoms with Crippen LogP contribution >= 0.6 is 15.9 Å². The lowest BCUT2D eigenvalue weighted by molar-refractivity contribution is -0.138. The molecular formula is C36H37BrN10O3. The van der Waals surface area contributed by atoms with Gasteiger partial charge in [0.2, 0.25) is 17.7 Å². The Labute approximate surface area is 298 Å². The van der Waals surface area contributed by atoms with E-state index in [-0.39, 0.29) is 36.0 Å². The monoisotopic (exact) mass is 736 g/mol. The summed E-state index contributed by atoms with van der Waals surface area (Å²) in [6.07, 6.45) is 10.0. The number of fused-ring (bicyclic) bond motifs is 2. The molecule has 1 saturated carbocycles. The molecule has 0 radical (unpaired) electrons. The average molecular weight is 738 g/mol. The predicted octanol–water partition coefficient (Wildman–Crippen LogP) is 4.73. The van der Waals surface area contributed by atoms with Crippen molar-refractivity contribution < 1.29 is 14.4 Å². The van der Waals surface area contributed by atoms with Crippen LogP contribution in [0.5, 0.6) is 0 Å². The van der Waals surface area contributed by atoms with Crippen molar-refractivity contribution in [3.05, 3.63) is 83.3 Å². The van der Waals surface area contributed by atoms with Crippen LogP contribution in [0.3, 0.4) is 0 Å². The van der Waals surface area contributed by atoms with Gasteiger partial charge in [0.15, 0.2) is 5.69 Å². The topological polar surface area (TPSA) is 172 Å². The molecule has 3 atom stereocenters. The van der Waals surface area contributed by atoms with Crippen molar-refractivity contribution in [3.63, 3.8) is 0 Å². The van der Waals surface area contributed by atoms with Crippen molar-refractivity contribution in [1.29, 1.82) is 5.26 Å². The summed E-state index contributed by atoms with van der Waals surface area (Å²) in [5, 5.41) is 21.1. The van der Waals surface area contributed by atoms with Crippen LogP contribution in [-0.2, 0) is 27.3 Å². The van der Waals surface area contributed by atoms with E-state index in [1.165, 1.54) is 4.68 Å². The molecule has 50 heavy (non-hydrogen) atoms. The Morgan fingerprint density at radius 2 is 1.92 bits per heavy atom. The van der Waals surface area contributed by atoms with E-state index in [0.29, 0.717) is 82.7 Å². The predicted molar refractivity (Wildman–Crippen MR) is 190 cm³/mol. The number of nitriles is 1. The van der Waals surface area contributed by atoms with Gasteiger partial charge in [0.25, 0.3) is 0 Å². The number of piperidine rings is 1. The van der Waals surface area contributed by atoms with Crippen molar-refractivity contribution in [1.82, 2.24) is 39.9 Å². The molecule has 2 N–H and O–H groups in total. The third-order valence-electron chi connectivity index (χ3n) is 9.37.